The van der Waals surface area contributed by atoms with Gasteiger partial charge in [0.2, 0.25) is 5.91 Å². The summed E-state index contributed by atoms with van der Waals surface area (Å²) in [6, 6.07) is 16.5. The Balaban J connectivity index is 0.00000400. The van der Waals surface area contributed by atoms with Crippen molar-refractivity contribution in [2.45, 2.75) is 6.54 Å². The summed E-state index contributed by atoms with van der Waals surface area (Å²) in [5.74, 6) is 0.433. The number of halogens is 2. The minimum Gasteiger partial charge on any atom is -1.00 e. The number of nitrogens with one attached hydrogen (secondary N) is 2. The highest BCUT2D eigenvalue weighted by atomic mass is 79.9. The molecule has 198 valence electrons. The molecule has 0 aliphatic rings. The van der Waals surface area contributed by atoms with E-state index in [1.165, 1.54) is 18.5 Å². The largest absolute Gasteiger partial charge is 1.00 e. The third kappa shape index (κ3) is 7.24. The van der Waals surface area contributed by atoms with Crippen molar-refractivity contribution in [2.75, 3.05) is 31.3 Å². The highest BCUT2D eigenvalue weighted by Gasteiger charge is 2.22. The van der Waals surface area contributed by atoms with Gasteiger partial charge in [-0.25, -0.2) is 14.5 Å². The Morgan fingerprint density at radius 1 is 1.13 bits per heavy atom. The fraction of sp³-hybridized carbons (Fsp3) is 0.192. The van der Waals surface area contributed by atoms with Gasteiger partial charge in [0.05, 0.1) is 33.2 Å². The second-order valence-corrected chi connectivity index (χ2v) is 10.2. The predicted molar refractivity (Wildman–Crippen MR) is 147 cm³/mol. The molecular weight excluding hydrogens is 618 g/mol. The molecule has 0 unspecified atom stereocenters. The molecule has 0 saturated carbocycles. The normalized spacial score (nSPS) is 11.4. The van der Waals surface area contributed by atoms with E-state index in [4.69, 9.17) is 0 Å². The third-order valence-corrected chi connectivity index (χ3v) is 6.33. The van der Waals surface area contributed by atoms with E-state index in [9.17, 15) is 14.9 Å². The second kappa shape index (κ2) is 12.3. The summed E-state index contributed by atoms with van der Waals surface area (Å²) in [5.41, 5.74) is 3.10. The van der Waals surface area contributed by atoms with Crippen molar-refractivity contribution in [3.63, 3.8) is 0 Å². The van der Waals surface area contributed by atoms with Crippen LogP contribution in [0.15, 0.2) is 77.5 Å². The molecule has 0 aliphatic carbocycles. The lowest BCUT2D eigenvalue weighted by Crippen LogP contribution is -3.00. The van der Waals surface area contributed by atoms with E-state index in [2.05, 4.69) is 36.5 Å². The van der Waals surface area contributed by atoms with Crippen molar-refractivity contribution in [1.82, 2.24) is 14.5 Å². The van der Waals surface area contributed by atoms with Gasteiger partial charge in [0, 0.05) is 33.4 Å². The van der Waals surface area contributed by atoms with Gasteiger partial charge < -0.3 is 42.2 Å². The number of nitrogens with zero attached hydrogens (tertiary/aromatic N) is 5. The highest BCUT2D eigenvalue weighted by molar-refractivity contribution is 9.10. The van der Waals surface area contributed by atoms with Crippen LogP contribution in [0, 0.1) is 10.1 Å². The zero-order valence-corrected chi connectivity index (χ0v) is 24.2. The smallest absolute Gasteiger partial charge is 0.323 e. The molecular formula is C26H27Br2N7O3. The Labute approximate surface area is 239 Å². The molecule has 4 aromatic rings. The molecule has 2 aromatic carbocycles. The van der Waals surface area contributed by atoms with Crippen LogP contribution < -0.4 is 27.6 Å². The van der Waals surface area contributed by atoms with Crippen LogP contribution in [0.4, 0.5) is 23.0 Å². The number of likely N-dealkylation sites (N-methyl/N-ethyl adjacent to an activating group) is 1. The lowest BCUT2D eigenvalue weighted by Gasteiger charge is -2.27. The number of hydrogen-bond acceptors (Lipinski definition) is 6. The number of benzene rings is 2. The molecule has 1 amide bonds. The van der Waals surface area contributed by atoms with Gasteiger partial charge in [0.25, 0.3) is 0 Å². The van der Waals surface area contributed by atoms with Crippen molar-refractivity contribution < 1.29 is 31.2 Å². The first kappa shape index (κ1) is 29.0. The number of carbonyl (C=O) groups is 1. The summed E-state index contributed by atoms with van der Waals surface area (Å²) in [4.78, 5) is 32.0. The number of fused-ring (bicyclic) bond motifs is 1. The molecule has 0 radical (unpaired) electrons. The molecule has 10 nitrogen and oxygen atoms in total. The summed E-state index contributed by atoms with van der Waals surface area (Å²) in [6.07, 6.45) is 4.80. The van der Waals surface area contributed by atoms with Crippen molar-refractivity contribution in [3.8, 4) is 0 Å². The van der Waals surface area contributed by atoms with E-state index in [0.29, 0.717) is 29.1 Å². The summed E-state index contributed by atoms with van der Waals surface area (Å²) >= 11 is 3.47. The van der Waals surface area contributed by atoms with E-state index in [1.54, 1.807) is 29.8 Å². The van der Waals surface area contributed by atoms with Gasteiger partial charge >= 0.3 is 5.82 Å². The molecule has 2 N–H and O–H groups in total. The van der Waals surface area contributed by atoms with Crippen molar-refractivity contribution in [2.24, 2.45) is 7.05 Å². The van der Waals surface area contributed by atoms with E-state index in [-0.39, 0.29) is 28.7 Å². The zero-order valence-electron chi connectivity index (χ0n) is 21.1. The molecule has 0 atom stereocenters. The molecule has 0 bridgehead atoms. The maximum Gasteiger partial charge on any atom is 0.323 e. The maximum atomic E-state index is 12.6. The van der Waals surface area contributed by atoms with Gasteiger partial charge in [-0.05, 0) is 53.5 Å². The highest BCUT2D eigenvalue weighted by Crippen LogP contribution is 2.27. The quantitative estimate of drug-likeness (QED) is 0.125. The summed E-state index contributed by atoms with van der Waals surface area (Å²) in [7, 11) is 5.69. The van der Waals surface area contributed by atoms with Crippen LogP contribution in [0.2, 0.25) is 0 Å². The second-order valence-electron chi connectivity index (χ2n) is 9.26. The number of rotatable bonds is 9. The van der Waals surface area contributed by atoms with E-state index in [0.717, 1.165) is 26.8 Å². The minimum atomic E-state index is -0.396. The van der Waals surface area contributed by atoms with Gasteiger partial charge in [-0.2, -0.15) is 0 Å². The standard InChI is InChI=1S/C26H26BrN7O3.BrH/c1-32-21(10-12-25(32)33(36)37)16-34(2,3)13-5-8-24(35)30-20-9-11-23-22(15-20)26(29-17-28-23)31-19-7-4-6-18(27)14-19;/h4-12,14-15,17H,13,16H2,1-3H3,(H-,28,29,30,31,35);1H/b8-5+;. The molecule has 12 heteroatoms. The van der Waals surface area contributed by atoms with Crippen LogP contribution >= 0.6 is 15.9 Å². The lowest BCUT2D eigenvalue weighted by molar-refractivity contribution is -0.898. The fourth-order valence-corrected chi connectivity index (χ4v) is 4.35. The first-order valence-electron chi connectivity index (χ1n) is 11.5. The first-order chi connectivity index (χ1) is 17.6. The number of carbonyl (C=O) groups excluding carboxylic acids is 1. The van der Waals surface area contributed by atoms with Crippen LogP contribution in [0.3, 0.4) is 0 Å². The van der Waals surface area contributed by atoms with Crippen LogP contribution in [0.5, 0.6) is 0 Å². The van der Waals surface area contributed by atoms with E-state index in [1.807, 2.05) is 50.5 Å². The molecule has 2 heterocycles. The molecule has 0 saturated heterocycles. The lowest BCUT2D eigenvalue weighted by atomic mass is 10.2. The molecule has 2 aromatic heterocycles. The van der Waals surface area contributed by atoms with Crippen LogP contribution in [-0.4, -0.2) is 50.5 Å². The Morgan fingerprint density at radius 3 is 2.63 bits per heavy atom. The van der Waals surface area contributed by atoms with Gasteiger partial charge in [0.1, 0.15) is 18.7 Å². The monoisotopic (exact) mass is 643 g/mol. The van der Waals surface area contributed by atoms with E-state index < -0.39 is 4.92 Å². The van der Waals surface area contributed by atoms with Crippen molar-refractivity contribution in [3.05, 3.63) is 93.4 Å². The average Bonchev–Trinajstić information content (AvgIpc) is 3.19. The molecule has 0 fully saturated rings. The predicted octanol–water partition coefficient (Wildman–Crippen LogP) is 2.16. The summed E-state index contributed by atoms with van der Waals surface area (Å²) < 4.78 is 3.05. The molecule has 4 rings (SSSR count). The third-order valence-electron chi connectivity index (χ3n) is 5.84. The Kier molecular flexibility index (Phi) is 9.36. The summed E-state index contributed by atoms with van der Waals surface area (Å²) in [5, 5.41) is 18.1. The Hall–Kier alpha value is -3.61. The molecule has 0 aliphatic heterocycles. The number of anilines is 3. The van der Waals surface area contributed by atoms with Gasteiger partial charge in [-0.3, -0.25) is 4.79 Å². The number of hydrogen-bond donors (Lipinski definition) is 2. The van der Waals surface area contributed by atoms with Gasteiger partial charge in [-0.1, -0.05) is 22.0 Å². The SMILES string of the molecule is Cn1c(C[N+](C)(C)C/C=C/C(=O)Nc2ccc3ncnc(Nc4cccc(Br)c4)c3c2)ccc1[N+](=O)[O-].[Br-]. The van der Waals surface area contributed by atoms with Crippen LogP contribution in [-0.2, 0) is 18.4 Å². The molecule has 0 spiro atoms. The minimum absolute atomic E-state index is 0. The van der Waals surface area contributed by atoms with Crippen molar-refractivity contribution >= 4 is 55.8 Å². The zero-order chi connectivity index (χ0) is 26.6. The average molecular weight is 645 g/mol. The maximum absolute atomic E-state index is 12.6. The van der Waals surface area contributed by atoms with E-state index >= 15 is 0 Å². The van der Waals surface area contributed by atoms with Crippen LogP contribution in [0.1, 0.15) is 5.69 Å². The topological polar surface area (TPSA) is 115 Å². The fourth-order valence-electron chi connectivity index (χ4n) is 3.95. The van der Waals surface area contributed by atoms with Gasteiger partial charge in [-0.15, -0.1) is 0 Å². The number of amides is 1. The van der Waals surface area contributed by atoms with Crippen molar-refractivity contribution in [1.29, 1.82) is 0 Å². The van der Waals surface area contributed by atoms with Gasteiger partial charge in [0.15, 0.2) is 5.69 Å². The van der Waals surface area contributed by atoms with Crippen LogP contribution in [0.25, 0.3) is 10.9 Å². The number of quaternary nitrogens is 1. The summed E-state index contributed by atoms with van der Waals surface area (Å²) in [6.45, 7) is 1.15. The first-order valence-corrected chi connectivity index (χ1v) is 12.3. The Morgan fingerprint density at radius 2 is 1.92 bits per heavy atom. The molecule has 38 heavy (non-hydrogen) atoms. The Bertz CT molecular complexity index is 1500. The number of aromatic nitrogens is 3. The number of nitro groups is 1.